The van der Waals surface area contributed by atoms with Crippen LogP contribution in [0.5, 0.6) is 17.2 Å². The van der Waals surface area contributed by atoms with Gasteiger partial charge >= 0.3 is 5.69 Å². The Labute approximate surface area is 181 Å². The van der Waals surface area contributed by atoms with Gasteiger partial charge in [-0.3, -0.25) is 14.9 Å². The monoisotopic (exact) mass is 428 g/mol. The number of benzene rings is 2. The number of nitrogens with one attached hydrogen (secondary N) is 1. The van der Waals surface area contributed by atoms with Crippen molar-refractivity contribution in [3.63, 3.8) is 0 Å². The highest BCUT2D eigenvalue weighted by atomic mass is 16.6. The number of amides is 1. The maximum absolute atomic E-state index is 13.4. The molecule has 0 aliphatic heterocycles. The molecule has 31 heavy (non-hydrogen) atoms. The standard InChI is InChI=1S/C23H28N2O6/c1-29-18-14-17(20(25(27)28)22(31-3)21(18)30-2)23(26)24-19(15-10-6-4-7-11-15)16-12-8-5-9-13-16/h4,6-7,10-11,14,16,19H,5,8-9,12-13H2,1-3H3,(H,24,26)/t19-/m0/s1. The van der Waals surface area contributed by atoms with E-state index in [-0.39, 0.29) is 34.8 Å². The lowest BCUT2D eigenvalue weighted by molar-refractivity contribution is -0.386. The number of carbonyl (C=O) groups is 1. The molecular weight excluding hydrogens is 400 g/mol. The summed E-state index contributed by atoms with van der Waals surface area (Å²) < 4.78 is 15.8. The number of methoxy groups -OCH3 is 3. The van der Waals surface area contributed by atoms with Crippen LogP contribution >= 0.6 is 0 Å². The maximum atomic E-state index is 13.4. The van der Waals surface area contributed by atoms with E-state index in [1.54, 1.807) is 0 Å². The van der Waals surface area contributed by atoms with Crippen LogP contribution < -0.4 is 19.5 Å². The number of nitro groups is 1. The number of carbonyl (C=O) groups excluding carboxylic acids is 1. The summed E-state index contributed by atoms with van der Waals surface area (Å²) in [5.41, 5.74) is 0.405. The van der Waals surface area contributed by atoms with E-state index in [1.807, 2.05) is 30.3 Å². The Morgan fingerprint density at radius 3 is 2.23 bits per heavy atom. The van der Waals surface area contributed by atoms with Gasteiger partial charge in [0.1, 0.15) is 5.56 Å². The second kappa shape index (κ2) is 10.1. The number of nitro benzene ring substituents is 1. The van der Waals surface area contributed by atoms with Crippen molar-refractivity contribution in [3.05, 3.63) is 57.6 Å². The Morgan fingerprint density at radius 2 is 1.68 bits per heavy atom. The van der Waals surface area contributed by atoms with Crippen molar-refractivity contribution >= 4 is 11.6 Å². The van der Waals surface area contributed by atoms with Gasteiger partial charge < -0.3 is 19.5 Å². The predicted octanol–water partition coefficient (Wildman–Crippen LogP) is 4.67. The van der Waals surface area contributed by atoms with Crippen LogP contribution in [0.2, 0.25) is 0 Å². The molecule has 8 heteroatoms. The van der Waals surface area contributed by atoms with Gasteiger partial charge in [-0.1, -0.05) is 49.6 Å². The van der Waals surface area contributed by atoms with Gasteiger partial charge in [0.25, 0.3) is 5.91 Å². The number of hydrogen-bond acceptors (Lipinski definition) is 6. The van der Waals surface area contributed by atoms with Crippen molar-refractivity contribution in [1.82, 2.24) is 5.32 Å². The molecule has 3 rings (SSSR count). The highest BCUT2D eigenvalue weighted by molar-refractivity contribution is 6.01. The second-order valence-electron chi connectivity index (χ2n) is 7.56. The first kappa shape index (κ1) is 22.4. The zero-order chi connectivity index (χ0) is 22.4. The summed E-state index contributed by atoms with van der Waals surface area (Å²) in [6.07, 6.45) is 5.39. The first-order valence-corrected chi connectivity index (χ1v) is 10.3. The van der Waals surface area contributed by atoms with Crippen LogP contribution in [0.1, 0.15) is 54.1 Å². The Hall–Kier alpha value is -3.29. The summed E-state index contributed by atoms with van der Waals surface area (Å²) in [6, 6.07) is 10.8. The quantitative estimate of drug-likeness (QED) is 0.484. The normalized spacial score (nSPS) is 15.1. The van der Waals surface area contributed by atoms with E-state index >= 15 is 0 Å². The maximum Gasteiger partial charge on any atom is 0.327 e. The molecule has 0 bridgehead atoms. The molecule has 0 radical (unpaired) electrons. The van der Waals surface area contributed by atoms with Crippen molar-refractivity contribution in [2.75, 3.05) is 21.3 Å². The molecule has 2 aromatic carbocycles. The number of nitrogens with zero attached hydrogens (tertiary/aromatic N) is 1. The molecule has 0 unspecified atom stereocenters. The van der Waals surface area contributed by atoms with Gasteiger partial charge in [-0.15, -0.1) is 0 Å². The molecule has 1 aliphatic carbocycles. The molecule has 1 fully saturated rings. The van der Waals surface area contributed by atoms with Gasteiger partial charge in [-0.2, -0.15) is 0 Å². The van der Waals surface area contributed by atoms with Crippen LogP contribution in [0.15, 0.2) is 36.4 Å². The zero-order valence-electron chi connectivity index (χ0n) is 18.1. The summed E-state index contributed by atoms with van der Waals surface area (Å²) in [4.78, 5) is 24.6. The molecule has 1 atom stereocenters. The molecule has 166 valence electrons. The lowest BCUT2D eigenvalue weighted by atomic mass is 9.81. The van der Waals surface area contributed by atoms with E-state index in [1.165, 1.54) is 33.8 Å². The molecule has 1 saturated carbocycles. The third kappa shape index (κ3) is 4.73. The summed E-state index contributed by atoms with van der Waals surface area (Å²) in [7, 11) is 4.05. The first-order valence-electron chi connectivity index (χ1n) is 10.3. The minimum atomic E-state index is -0.631. The van der Waals surface area contributed by atoms with Crippen molar-refractivity contribution in [2.24, 2.45) is 5.92 Å². The molecule has 1 N–H and O–H groups in total. The molecule has 0 aromatic heterocycles. The lowest BCUT2D eigenvalue weighted by Crippen LogP contribution is -2.34. The smallest absolute Gasteiger partial charge is 0.327 e. The Balaban J connectivity index is 2.04. The Bertz CT molecular complexity index is 925. The first-order chi connectivity index (χ1) is 15.0. The fourth-order valence-electron chi connectivity index (χ4n) is 4.32. The highest BCUT2D eigenvalue weighted by Gasteiger charge is 2.34. The lowest BCUT2D eigenvalue weighted by Gasteiger charge is -2.31. The topological polar surface area (TPSA) is 99.9 Å². The van der Waals surface area contributed by atoms with Crippen LogP contribution in [0.3, 0.4) is 0 Å². The zero-order valence-corrected chi connectivity index (χ0v) is 18.1. The van der Waals surface area contributed by atoms with E-state index in [2.05, 4.69) is 5.32 Å². The van der Waals surface area contributed by atoms with Gasteiger partial charge in [0.2, 0.25) is 11.5 Å². The number of hydrogen-bond donors (Lipinski definition) is 1. The molecule has 2 aromatic rings. The minimum absolute atomic E-state index is 0.0696. The van der Waals surface area contributed by atoms with E-state index in [4.69, 9.17) is 14.2 Å². The molecule has 8 nitrogen and oxygen atoms in total. The van der Waals surface area contributed by atoms with E-state index in [0.717, 1.165) is 31.2 Å². The fraction of sp³-hybridized carbons (Fsp3) is 0.435. The van der Waals surface area contributed by atoms with Crippen LogP contribution in [0, 0.1) is 16.0 Å². The average Bonchev–Trinajstić information content (AvgIpc) is 2.81. The third-order valence-corrected chi connectivity index (χ3v) is 5.80. The van der Waals surface area contributed by atoms with E-state index < -0.39 is 16.5 Å². The van der Waals surface area contributed by atoms with Crippen LogP contribution in [0.4, 0.5) is 5.69 Å². The molecule has 0 spiro atoms. The molecule has 1 amide bonds. The van der Waals surface area contributed by atoms with Crippen LogP contribution in [-0.4, -0.2) is 32.2 Å². The summed E-state index contributed by atoms with van der Waals surface area (Å²) in [6.45, 7) is 0. The van der Waals surface area contributed by atoms with Gasteiger partial charge in [-0.25, -0.2) is 0 Å². The van der Waals surface area contributed by atoms with Gasteiger partial charge in [0.05, 0.1) is 32.3 Å². The minimum Gasteiger partial charge on any atom is -0.493 e. The average molecular weight is 428 g/mol. The van der Waals surface area contributed by atoms with Crippen molar-refractivity contribution in [2.45, 2.75) is 38.1 Å². The molecular formula is C23H28N2O6. The SMILES string of the molecule is COc1cc(C(=O)N[C@@H](c2ccccc2)C2CCCCC2)c([N+](=O)[O-])c(OC)c1OC. The summed E-state index contributed by atoms with van der Waals surface area (Å²) >= 11 is 0. The van der Waals surface area contributed by atoms with Crippen molar-refractivity contribution < 1.29 is 23.9 Å². The van der Waals surface area contributed by atoms with E-state index in [0.29, 0.717) is 0 Å². The fourth-order valence-corrected chi connectivity index (χ4v) is 4.32. The molecule has 0 saturated heterocycles. The Morgan fingerprint density at radius 1 is 1.03 bits per heavy atom. The largest absolute Gasteiger partial charge is 0.493 e. The van der Waals surface area contributed by atoms with Gasteiger partial charge in [0, 0.05) is 6.07 Å². The number of ether oxygens (including phenoxy) is 3. The van der Waals surface area contributed by atoms with Crippen molar-refractivity contribution in [1.29, 1.82) is 0 Å². The molecule has 1 aliphatic rings. The predicted molar refractivity (Wildman–Crippen MR) is 116 cm³/mol. The Kier molecular flexibility index (Phi) is 7.33. The van der Waals surface area contributed by atoms with Gasteiger partial charge in [0.15, 0.2) is 5.75 Å². The number of rotatable bonds is 8. The van der Waals surface area contributed by atoms with Gasteiger partial charge in [-0.05, 0) is 24.3 Å². The highest BCUT2D eigenvalue weighted by Crippen LogP contribution is 2.46. The molecule has 0 heterocycles. The van der Waals surface area contributed by atoms with E-state index in [9.17, 15) is 14.9 Å². The second-order valence-corrected chi connectivity index (χ2v) is 7.56. The summed E-state index contributed by atoms with van der Waals surface area (Å²) in [5.74, 6) is -0.179. The third-order valence-electron chi connectivity index (χ3n) is 5.80. The van der Waals surface area contributed by atoms with Crippen molar-refractivity contribution in [3.8, 4) is 17.2 Å². The van der Waals surface area contributed by atoms with Crippen LogP contribution in [0.25, 0.3) is 0 Å². The summed E-state index contributed by atoms with van der Waals surface area (Å²) in [5, 5.41) is 14.9. The van der Waals surface area contributed by atoms with Crippen LogP contribution in [-0.2, 0) is 0 Å².